The monoisotopic (exact) mass is 300 g/mol. The van der Waals surface area contributed by atoms with E-state index in [2.05, 4.69) is 16.4 Å². The Morgan fingerprint density at radius 1 is 1.52 bits per heavy atom. The summed E-state index contributed by atoms with van der Waals surface area (Å²) in [7, 11) is 0. The molecule has 1 atom stereocenters. The van der Waals surface area contributed by atoms with Gasteiger partial charge in [-0.2, -0.15) is 5.26 Å². The van der Waals surface area contributed by atoms with E-state index in [0.717, 1.165) is 19.3 Å². The zero-order chi connectivity index (χ0) is 14.8. The number of nitrogens with one attached hydrogen (secondary N) is 1. The van der Waals surface area contributed by atoms with Gasteiger partial charge in [0.2, 0.25) is 5.82 Å². The van der Waals surface area contributed by atoms with Gasteiger partial charge in [0.25, 0.3) is 0 Å². The number of nitriles is 1. The van der Waals surface area contributed by atoms with Gasteiger partial charge in [-0.15, -0.1) is 11.3 Å². The van der Waals surface area contributed by atoms with E-state index >= 15 is 0 Å². The van der Waals surface area contributed by atoms with Gasteiger partial charge < -0.3 is 5.32 Å². The highest BCUT2D eigenvalue weighted by Crippen LogP contribution is 2.37. The molecule has 6 nitrogen and oxygen atoms in total. The van der Waals surface area contributed by atoms with E-state index in [9.17, 15) is 10.1 Å². The third kappa shape index (κ3) is 2.45. The summed E-state index contributed by atoms with van der Waals surface area (Å²) in [5, 5.41) is 25.4. The molecule has 0 aromatic carbocycles. The molecule has 2 aromatic heterocycles. The Hall–Kier alpha value is -2.46. The first-order chi connectivity index (χ1) is 10.2. The topological polar surface area (TPSA) is 91.8 Å². The predicted molar refractivity (Wildman–Crippen MR) is 79.2 cm³/mol. The molecule has 0 saturated carbocycles. The summed E-state index contributed by atoms with van der Waals surface area (Å²) in [5.74, 6) is 0.170. The molecule has 0 fully saturated rings. The number of aromatic nitrogens is 1. The molecule has 1 N–H and O–H groups in total. The van der Waals surface area contributed by atoms with Crippen LogP contribution in [0.1, 0.15) is 34.9 Å². The van der Waals surface area contributed by atoms with Crippen LogP contribution < -0.4 is 5.32 Å². The Bertz CT molecular complexity index is 735. The number of rotatable bonds is 3. The number of hydrogen-bond acceptors (Lipinski definition) is 6. The normalized spacial score (nSPS) is 16.8. The van der Waals surface area contributed by atoms with Crippen LogP contribution >= 0.6 is 11.3 Å². The zero-order valence-corrected chi connectivity index (χ0v) is 11.9. The van der Waals surface area contributed by atoms with Crippen molar-refractivity contribution in [2.75, 3.05) is 5.32 Å². The lowest BCUT2D eigenvalue weighted by atomic mass is 9.94. The molecule has 3 rings (SSSR count). The van der Waals surface area contributed by atoms with Crippen LogP contribution in [-0.4, -0.2) is 9.91 Å². The summed E-state index contributed by atoms with van der Waals surface area (Å²) in [4.78, 5) is 16.0. The second-order valence-corrected chi connectivity index (χ2v) is 5.81. The lowest BCUT2D eigenvalue weighted by Crippen LogP contribution is -2.17. The van der Waals surface area contributed by atoms with Crippen molar-refractivity contribution < 1.29 is 4.92 Å². The lowest BCUT2D eigenvalue weighted by molar-refractivity contribution is -0.384. The summed E-state index contributed by atoms with van der Waals surface area (Å²) in [6, 6.07) is 5.28. The van der Waals surface area contributed by atoms with Gasteiger partial charge in [0.15, 0.2) is 0 Å². The molecule has 0 radical (unpaired) electrons. The summed E-state index contributed by atoms with van der Waals surface area (Å²) in [6.45, 7) is 0. The number of fused-ring (bicyclic) bond motifs is 1. The van der Waals surface area contributed by atoms with E-state index in [0.29, 0.717) is 0 Å². The fraction of sp³-hybridized carbons (Fsp3) is 0.286. The first-order valence-corrected chi connectivity index (χ1v) is 7.45. The minimum absolute atomic E-state index is 0.0140. The van der Waals surface area contributed by atoms with Crippen LogP contribution in [0, 0.1) is 21.4 Å². The molecule has 1 aliphatic rings. The van der Waals surface area contributed by atoms with Crippen LogP contribution in [0.3, 0.4) is 0 Å². The molecular weight excluding hydrogens is 288 g/mol. The molecule has 21 heavy (non-hydrogen) atoms. The predicted octanol–water partition coefficient (Wildman–Crippen LogP) is 3.41. The van der Waals surface area contributed by atoms with Crippen molar-refractivity contribution in [1.29, 1.82) is 5.26 Å². The third-order valence-electron chi connectivity index (χ3n) is 3.59. The van der Waals surface area contributed by atoms with Gasteiger partial charge in [-0.1, -0.05) is 0 Å². The molecule has 2 heterocycles. The van der Waals surface area contributed by atoms with Crippen LogP contribution in [0.5, 0.6) is 0 Å². The molecule has 0 spiro atoms. The summed E-state index contributed by atoms with van der Waals surface area (Å²) in [5.41, 5.74) is 0.964. The van der Waals surface area contributed by atoms with E-state index in [1.165, 1.54) is 22.7 Å². The van der Waals surface area contributed by atoms with Gasteiger partial charge in [0.1, 0.15) is 11.6 Å². The molecule has 0 aliphatic heterocycles. The SMILES string of the molecule is N#Cc1ccnc(NC2CCCc3sccc32)c1[N+](=O)[O-]. The van der Waals surface area contributed by atoms with Gasteiger partial charge in [0, 0.05) is 11.1 Å². The molecular formula is C14H12N4O2S. The van der Waals surface area contributed by atoms with Crippen molar-refractivity contribution in [3.8, 4) is 6.07 Å². The summed E-state index contributed by atoms with van der Waals surface area (Å²) < 4.78 is 0. The van der Waals surface area contributed by atoms with E-state index in [4.69, 9.17) is 5.26 Å². The Balaban J connectivity index is 1.97. The van der Waals surface area contributed by atoms with Crippen LogP contribution in [0.4, 0.5) is 11.5 Å². The number of nitro groups is 1. The lowest BCUT2D eigenvalue weighted by Gasteiger charge is -2.24. The number of aryl methyl sites for hydroxylation is 1. The van der Waals surface area contributed by atoms with Gasteiger partial charge in [-0.25, -0.2) is 4.98 Å². The number of pyridine rings is 1. The maximum atomic E-state index is 11.2. The zero-order valence-electron chi connectivity index (χ0n) is 11.1. The number of anilines is 1. The molecule has 2 aromatic rings. The summed E-state index contributed by atoms with van der Waals surface area (Å²) >= 11 is 1.71. The number of nitrogens with zero attached hydrogens (tertiary/aromatic N) is 3. The van der Waals surface area contributed by atoms with E-state index in [1.807, 2.05) is 11.4 Å². The van der Waals surface area contributed by atoms with Crippen molar-refractivity contribution in [2.24, 2.45) is 0 Å². The second kappa shape index (κ2) is 5.50. The van der Waals surface area contributed by atoms with Crippen molar-refractivity contribution in [1.82, 2.24) is 4.98 Å². The maximum Gasteiger partial charge on any atom is 0.328 e. The first kappa shape index (κ1) is 13.5. The highest BCUT2D eigenvalue weighted by atomic mass is 32.1. The second-order valence-electron chi connectivity index (χ2n) is 4.81. The van der Waals surface area contributed by atoms with Gasteiger partial charge in [-0.3, -0.25) is 10.1 Å². The molecule has 0 amide bonds. The highest BCUT2D eigenvalue weighted by Gasteiger charge is 2.26. The third-order valence-corrected chi connectivity index (χ3v) is 4.59. The van der Waals surface area contributed by atoms with Crippen LogP contribution in [-0.2, 0) is 6.42 Å². The first-order valence-electron chi connectivity index (χ1n) is 6.57. The molecule has 0 saturated heterocycles. The minimum Gasteiger partial charge on any atom is -0.357 e. The average Bonchev–Trinajstić information content (AvgIpc) is 2.96. The van der Waals surface area contributed by atoms with Gasteiger partial charge >= 0.3 is 5.69 Å². The fourth-order valence-electron chi connectivity index (χ4n) is 2.64. The minimum atomic E-state index is -0.550. The summed E-state index contributed by atoms with van der Waals surface area (Å²) in [6.07, 6.45) is 4.42. The highest BCUT2D eigenvalue weighted by molar-refractivity contribution is 7.10. The van der Waals surface area contributed by atoms with Crippen LogP contribution in [0.25, 0.3) is 0 Å². The largest absolute Gasteiger partial charge is 0.357 e. The molecule has 1 aliphatic carbocycles. The van der Waals surface area contributed by atoms with Crippen molar-refractivity contribution in [2.45, 2.75) is 25.3 Å². The van der Waals surface area contributed by atoms with E-state index in [1.54, 1.807) is 11.3 Å². The molecule has 106 valence electrons. The molecule has 7 heteroatoms. The molecule has 0 bridgehead atoms. The van der Waals surface area contributed by atoms with Crippen LogP contribution in [0.15, 0.2) is 23.7 Å². The van der Waals surface area contributed by atoms with Crippen molar-refractivity contribution >= 4 is 22.8 Å². The number of hydrogen-bond donors (Lipinski definition) is 1. The number of thiophene rings is 1. The van der Waals surface area contributed by atoms with Crippen LogP contribution in [0.2, 0.25) is 0 Å². The Kier molecular flexibility index (Phi) is 3.54. The van der Waals surface area contributed by atoms with E-state index < -0.39 is 4.92 Å². The Labute approximate surface area is 125 Å². The standard InChI is InChI=1S/C14H12N4O2S/c15-8-9-4-6-16-14(13(9)18(19)20)17-11-2-1-3-12-10(11)5-7-21-12/h4-7,11H,1-3H2,(H,16,17). The smallest absolute Gasteiger partial charge is 0.328 e. The maximum absolute atomic E-state index is 11.2. The fourth-order valence-corrected chi connectivity index (χ4v) is 3.62. The van der Waals surface area contributed by atoms with Crippen molar-refractivity contribution in [3.63, 3.8) is 0 Å². The quantitative estimate of drug-likeness (QED) is 0.692. The van der Waals surface area contributed by atoms with Crippen molar-refractivity contribution in [3.05, 3.63) is 49.8 Å². The average molecular weight is 300 g/mol. The van der Waals surface area contributed by atoms with E-state index in [-0.39, 0.29) is 23.1 Å². The Morgan fingerprint density at radius 3 is 3.14 bits per heavy atom. The van der Waals surface area contributed by atoms with Gasteiger partial charge in [0.05, 0.1) is 11.0 Å². The molecule has 1 unspecified atom stereocenters. The Morgan fingerprint density at radius 2 is 2.38 bits per heavy atom. The van der Waals surface area contributed by atoms with Gasteiger partial charge in [-0.05, 0) is 42.3 Å².